The Kier molecular flexibility index (Phi) is 5.83. The summed E-state index contributed by atoms with van der Waals surface area (Å²) in [6, 6.07) is 5.62. The van der Waals surface area contributed by atoms with Crippen LogP contribution in [0.2, 0.25) is 0 Å². The largest absolute Gasteiger partial charge is 0.490 e. The van der Waals surface area contributed by atoms with Gasteiger partial charge in [-0.3, -0.25) is 9.89 Å². The van der Waals surface area contributed by atoms with E-state index >= 15 is 0 Å². The molecule has 1 heterocycles. The molecule has 0 aliphatic carbocycles. The first kappa shape index (κ1) is 16.4. The van der Waals surface area contributed by atoms with Crippen LogP contribution in [0.5, 0.6) is 11.5 Å². The number of hydrogen-bond acceptors (Lipinski definition) is 4. The van der Waals surface area contributed by atoms with Gasteiger partial charge in [-0.1, -0.05) is 6.07 Å². The number of carbonyl (C=O) groups excluding carboxylic acids is 1. The molecular weight excluding hydrogens is 350 g/mol. The molecule has 2 N–H and O–H groups in total. The second-order valence-corrected chi connectivity index (χ2v) is 5.28. The average molecular weight is 368 g/mol. The molecule has 1 aromatic carbocycles. The summed E-state index contributed by atoms with van der Waals surface area (Å²) in [7, 11) is 0. The van der Waals surface area contributed by atoms with E-state index in [-0.39, 0.29) is 5.91 Å². The summed E-state index contributed by atoms with van der Waals surface area (Å²) in [6.45, 7) is 5.35. The molecule has 6 nitrogen and oxygen atoms in total. The third-order valence-corrected chi connectivity index (χ3v) is 3.48. The van der Waals surface area contributed by atoms with E-state index in [1.54, 1.807) is 6.20 Å². The number of H-pyrrole nitrogens is 1. The minimum atomic E-state index is -0.226. The van der Waals surface area contributed by atoms with Crippen LogP contribution in [0.15, 0.2) is 28.9 Å². The highest BCUT2D eigenvalue weighted by Gasteiger charge is 2.12. The summed E-state index contributed by atoms with van der Waals surface area (Å²) in [6.07, 6.45) is 1.54. The van der Waals surface area contributed by atoms with Crippen LogP contribution in [0, 0.1) is 0 Å². The van der Waals surface area contributed by atoms with E-state index in [9.17, 15) is 4.79 Å². The average Bonchev–Trinajstić information content (AvgIpc) is 2.94. The Hall–Kier alpha value is -2.02. The smallest absolute Gasteiger partial charge is 0.270 e. The maximum atomic E-state index is 12.0. The molecule has 0 radical (unpaired) electrons. The molecular formula is C15H18BrN3O3. The Morgan fingerprint density at radius 2 is 2.00 bits per heavy atom. The topological polar surface area (TPSA) is 76.2 Å². The molecule has 0 unspecified atom stereocenters. The van der Waals surface area contributed by atoms with Crippen molar-refractivity contribution in [1.29, 1.82) is 0 Å². The first-order valence-corrected chi connectivity index (χ1v) is 7.80. The Balaban J connectivity index is 2.05. The van der Waals surface area contributed by atoms with E-state index in [0.717, 1.165) is 5.56 Å². The molecule has 22 heavy (non-hydrogen) atoms. The summed E-state index contributed by atoms with van der Waals surface area (Å²) in [5, 5.41) is 9.27. The Morgan fingerprint density at radius 3 is 2.64 bits per heavy atom. The van der Waals surface area contributed by atoms with Gasteiger partial charge in [0, 0.05) is 6.54 Å². The third-order valence-electron chi connectivity index (χ3n) is 2.88. The number of rotatable bonds is 7. The van der Waals surface area contributed by atoms with Crippen molar-refractivity contribution in [3.8, 4) is 11.5 Å². The highest BCUT2D eigenvalue weighted by Crippen LogP contribution is 2.28. The molecule has 2 rings (SSSR count). The normalized spacial score (nSPS) is 10.3. The standard InChI is InChI=1S/C15H18BrN3O3/c1-3-21-12-6-5-10(7-13(12)22-4-2)8-17-15(20)14-11(16)9-18-19-14/h5-7,9H,3-4,8H2,1-2H3,(H,17,20)(H,18,19). The fourth-order valence-corrected chi connectivity index (χ4v) is 2.28. The van der Waals surface area contributed by atoms with Gasteiger partial charge in [-0.2, -0.15) is 5.10 Å². The van der Waals surface area contributed by atoms with Gasteiger partial charge in [-0.05, 0) is 47.5 Å². The lowest BCUT2D eigenvalue weighted by Gasteiger charge is -2.12. The van der Waals surface area contributed by atoms with Crippen molar-refractivity contribution in [3.63, 3.8) is 0 Å². The van der Waals surface area contributed by atoms with Gasteiger partial charge < -0.3 is 14.8 Å². The van der Waals surface area contributed by atoms with Crippen molar-refractivity contribution >= 4 is 21.8 Å². The fourth-order valence-electron chi connectivity index (χ4n) is 1.91. The number of benzene rings is 1. The van der Waals surface area contributed by atoms with Crippen LogP contribution in [-0.2, 0) is 6.54 Å². The Bertz CT molecular complexity index is 643. The second-order valence-electron chi connectivity index (χ2n) is 4.42. The predicted octanol–water partition coefficient (Wildman–Crippen LogP) is 2.90. The van der Waals surface area contributed by atoms with E-state index in [2.05, 4.69) is 31.4 Å². The first-order chi connectivity index (χ1) is 10.7. The lowest BCUT2D eigenvalue weighted by Crippen LogP contribution is -2.23. The van der Waals surface area contributed by atoms with E-state index < -0.39 is 0 Å². The number of amides is 1. The molecule has 0 atom stereocenters. The number of aromatic amines is 1. The number of nitrogens with one attached hydrogen (secondary N) is 2. The molecule has 0 aliphatic heterocycles. The number of halogens is 1. The molecule has 2 aromatic rings. The number of aromatic nitrogens is 2. The summed E-state index contributed by atoms with van der Waals surface area (Å²) >= 11 is 3.26. The van der Waals surface area contributed by atoms with E-state index in [1.165, 1.54) is 0 Å². The quantitative estimate of drug-likeness (QED) is 0.788. The molecule has 7 heteroatoms. The van der Waals surface area contributed by atoms with Crippen molar-refractivity contribution in [2.45, 2.75) is 20.4 Å². The Morgan fingerprint density at radius 1 is 1.27 bits per heavy atom. The zero-order chi connectivity index (χ0) is 15.9. The summed E-state index contributed by atoms with van der Waals surface area (Å²) < 4.78 is 11.7. The fraction of sp³-hybridized carbons (Fsp3) is 0.333. The molecule has 118 valence electrons. The van der Waals surface area contributed by atoms with Crippen LogP contribution in [0.25, 0.3) is 0 Å². The zero-order valence-electron chi connectivity index (χ0n) is 12.5. The summed E-state index contributed by atoms with van der Waals surface area (Å²) in [5.74, 6) is 1.16. The Labute approximate surface area is 137 Å². The van der Waals surface area contributed by atoms with Crippen molar-refractivity contribution in [3.05, 3.63) is 40.1 Å². The van der Waals surface area contributed by atoms with Crippen molar-refractivity contribution < 1.29 is 14.3 Å². The van der Waals surface area contributed by atoms with Gasteiger partial charge in [0.25, 0.3) is 5.91 Å². The first-order valence-electron chi connectivity index (χ1n) is 7.01. The molecule has 0 aliphatic rings. The van der Waals surface area contributed by atoms with Gasteiger partial charge in [-0.25, -0.2) is 0 Å². The number of ether oxygens (including phenoxy) is 2. The number of carbonyl (C=O) groups is 1. The van der Waals surface area contributed by atoms with Gasteiger partial charge in [0.15, 0.2) is 11.5 Å². The van der Waals surface area contributed by atoms with Crippen LogP contribution in [0.4, 0.5) is 0 Å². The van der Waals surface area contributed by atoms with Crippen molar-refractivity contribution in [2.24, 2.45) is 0 Å². The minimum Gasteiger partial charge on any atom is -0.490 e. The molecule has 1 amide bonds. The van der Waals surface area contributed by atoms with Gasteiger partial charge in [0.05, 0.1) is 23.9 Å². The van der Waals surface area contributed by atoms with Gasteiger partial charge >= 0.3 is 0 Å². The highest BCUT2D eigenvalue weighted by molar-refractivity contribution is 9.10. The van der Waals surface area contributed by atoms with E-state index in [4.69, 9.17) is 9.47 Å². The maximum absolute atomic E-state index is 12.0. The zero-order valence-corrected chi connectivity index (χ0v) is 14.1. The van der Waals surface area contributed by atoms with E-state index in [1.807, 2.05) is 32.0 Å². The number of hydrogen-bond donors (Lipinski definition) is 2. The molecule has 0 saturated heterocycles. The molecule has 0 fully saturated rings. The van der Waals surface area contributed by atoms with Crippen LogP contribution in [0.1, 0.15) is 29.9 Å². The van der Waals surface area contributed by atoms with E-state index in [0.29, 0.717) is 41.4 Å². The SMILES string of the molecule is CCOc1ccc(CNC(=O)c2[nH]ncc2Br)cc1OCC. The van der Waals surface area contributed by atoms with Crippen LogP contribution in [0.3, 0.4) is 0 Å². The number of nitrogens with zero attached hydrogens (tertiary/aromatic N) is 1. The van der Waals surface area contributed by atoms with Gasteiger partial charge in [0.1, 0.15) is 5.69 Å². The van der Waals surface area contributed by atoms with Crippen LogP contribution < -0.4 is 14.8 Å². The minimum absolute atomic E-state index is 0.226. The van der Waals surface area contributed by atoms with Crippen LogP contribution >= 0.6 is 15.9 Å². The summed E-state index contributed by atoms with van der Waals surface area (Å²) in [5.41, 5.74) is 1.33. The van der Waals surface area contributed by atoms with Crippen LogP contribution in [-0.4, -0.2) is 29.3 Å². The molecule has 0 saturated carbocycles. The monoisotopic (exact) mass is 367 g/mol. The van der Waals surface area contributed by atoms with Gasteiger partial charge in [0.2, 0.25) is 0 Å². The van der Waals surface area contributed by atoms with Crippen molar-refractivity contribution in [2.75, 3.05) is 13.2 Å². The molecule has 1 aromatic heterocycles. The molecule has 0 bridgehead atoms. The summed E-state index contributed by atoms with van der Waals surface area (Å²) in [4.78, 5) is 12.0. The predicted molar refractivity (Wildman–Crippen MR) is 86.2 cm³/mol. The lowest BCUT2D eigenvalue weighted by molar-refractivity contribution is 0.0945. The van der Waals surface area contributed by atoms with Crippen molar-refractivity contribution in [1.82, 2.24) is 15.5 Å². The lowest BCUT2D eigenvalue weighted by atomic mass is 10.2. The highest BCUT2D eigenvalue weighted by atomic mass is 79.9. The maximum Gasteiger partial charge on any atom is 0.270 e. The third kappa shape index (κ3) is 4.00. The molecule has 0 spiro atoms. The second kappa shape index (κ2) is 7.84. The van der Waals surface area contributed by atoms with Gasteiger partial charge in [-0.15, -0.1) is 0 Å².